The van der Waals surface area contributed by atoms with E-state index in [1.54, 1.807) is 12.1 Å². The number of benzene rings is 1. The number of nitrogens with two attached hydrogens (primary N) is 2. The van der Waals surface area contributed by atoms with Crippen molar-refractivity contribution in [3.8, 4) is 0 Å². The number of primary amides is 1. The van der Waals surface area contributed by atoms with Crippen molar-refractivity contribution in [3.63, 3.8) is 0 Å². The van der Waals surface area contributed by atoms with E-state index in [0.29, 0.717) is 17.5 Å². The Labute approximate surface area is 102 Å². The molecule has 4 nitrogen and oxygen atoms in total. The first-order valence-corrected chi connectivity index (χ1v) is 5.92. The summed E-state index contributed by atoms with van der Waals surface area (Å²) >= 11 is 0. The molecule has 1 aliphatic rings. The van der Waals surface area contributed by atoms with Gasteiger partial charge in [-0.25, -0.2) is 0 Å². The molecule has 0 bridgehead atoms. The van der Waals surface area contributed by atoms with Gasteiger partial charge in [0.1, 0.15) is 0 Å². The fourth-order valence-electron chi connectivity index (χ4n) is 2.54. The number of carbonyl (C=O) groups excluding carboxylic acids is 1. The third-order valence-corrected chi connectivity index (χ3v) is 3.55. The topological polar surface area (TPSA) is 72.3 Å². The van der Waals surface area contributed by atoms with Gasteiger partial charge in [0.25, 0.3) is 0 Å². The predicted octanol–water partition coefficient (Wildman–Crippen LogP) is 0.737. The van der Waals surface area contributed by atoms with E-state index < -0.39 is 0 Å². The van der Waals surface area contributed by atoms with Crippen LogP contribution in [0.5, 0.6) is 0 Å². The minimum Gasteiger partial charge on any atom is -0.366 e. The number of likely N-dealkylation sites (tertiary alicyclic amines) is 1. The van der Waals surface area contributed by atoms with Gasteiger partial charge in [-0.1, -0.05) is 12.1 Å². The summed E-state index contributed by atoms with van der Waals surface area (Å²) in [6.07, 6.45) is 1.09. The molecule has 4 N–H and O–H groups in total. The first-order chi connectivity index (χ1) is 8.11. The summed E-state index contributed by atoms with van der Waals surface area (Å²) in [5.74, 6) is 0.192. The maximum absolute atomic E-state index is 11.0. The highest BCUT2D eigenvalue weighted by atomic mass is 16.1. The van der Waals surface area contributed by atoms with Crippen molar-refractivity contribution < 1.29 is 4.79 Å². The van der Waals surface area contributed by atoms with Crippen LogP contribution in [-0.2, 0) is 0 Å². The number of rotatable bonds is 3. The van der Waals surface area contributed by atoms with Crippen LogP contribution in [0.1, 0.15) is 28.4 Å². The molecular formula is C13H19N3O. The van der Waals surface area contributed by atoms with E-state index in [4.69, 9.17) is 11.5 Å². The van der Waals surface area contributed by atoms with Crippen LogP contribution in [0.3, 0.4) is 0 Å². The van der Waals surface area contributed by atoms with Crippen LogP contribution in [0.2, 0.25) is 0 Å². The quantitative estimate of drug-likeness (QED) is 0.808. The van der Waals surface area contributed by atoms with Crippen molar-refractivity contribution in [1.82, 2.24) is 4.90 Å². The van der Waals surface area contributed by atoms with E-state index in [2.05, 4.69) is 11.9 Å². The molecular weight excluding hydrogens is 214 g/mol. The van der Waals surface area contributed by atoms with Gasteiger partial charge in [0.05, 0.1) is 0 Å². The van der Waals surface area contributed by atoms with Gasteiger partial charge in [-0.15, -0.1) is 0 Å². The van der Waals surface area contributed by atoms with Gasteiger partial charge >= 0.3 is 0 Å². The molecule has 1 heterocycles. The van der Waals surface area contributed by atoms with Gasteiger partial charge in [0, 0.05) is 18.2 Å². The largest absolute Gasteiger partial charge is 0.366 e. The van der Waals surface area contributed by atoms with Crippen LogP contribution in [0, 0.1) is 5.92 Å². The fraction of sp³-hybridized carbons (Fsp3) is 0.462. The van der Waals surface area contributed by atoms with Crippen molar-refractivity contribution in [2.75, 3.05) is 20.1 Å². The Morgan fingerprint density at radius 2 is 2.06 bits per heavy atom. The van der Waals surface area contributed by atoms with E-state index >= 15 is 0 Å². The van der Waals surface area contributed by atoms with Gasteiger partial charge in [0.2, 0.25) is 5.91 Å². The zero-order chi connectivity index (χ0) is 12.4. The normalized spacial score (nSPS) is 25.1. The van der Waals surface area contributed by atoms with Crippen molar-refractivity contribution in [2.45, 2.75) is 12.5 Å². The van der Waals surface area contributed by atoms with Crippen LogP contribution in [0.25, 0.3) is 0 Å². The number of hydrogen-bond donors (Lipinski definition) is 2. The lowest BCUT2D eigenvalue weighted by molar-refractivity contribution is 0.100. The summed E-state index contributed by atoms with van der Waals surface area (Å²) < 4.78 is 0. The number of nitrogens with zero attached hydrogens (tertiary/aromatic N) is 1. The molecule has 1 aromatic carbocycles. The van der Waals surface area contributed by atoms with Crippen LogP contribution < -0.4 is 11.5 Å². The summed E-state index contributed by atoms with van der Waals surface area (Å²) in [4.78, 5) is 13.3. The molecule has 1 aliphatic heterocycles. The minimum absolute atomic E-state index is 0.379. The fourth-order valence-corrected chi connectivity index (χ4v) is 2.54. The lowest BCUT2D eigenvalue weighted by Crippen LogP contribution is -2.20. The highest BCUT2D eigenvalue weighted by molar-refractivity contribution is 5.92. The van der Waals surface area contributed by atoms with Gasteiger partial charge in [-0.05, 0) is 43.6 Å². The standard InChI is InChI=1S/C13H19N3O/c1-16-8-9(7-14)6-12(16)10-2-4-11(5-3-10)13(15)17/h2-5,9,12H,6-8,14H2,1H3,(H2,15,17). The molecule has 1 aromatic rings. The van der Waals surface area contributed by atoms with Crippen LogP contribution in [0.15, 0.2) is 24.3 Å². The molecule has 1 saturated heterocycles. The molecule has 1 amide bonds. The molecule has 0 aromatic heterocycles. The van der Waals surface area contributed by atoms with Crippen molar-refractivity contribution in [1.29, 1.82) is 0 Å². The maximum atomic E-state index is 11.0. The molecule has 2 atom stereocenters. The molecule has 92 valence electrons. The molecule has 17 heavy (non-hydrogen) atoms. The van der Waals surface area contributed by atoms with Crippen LogP contribution >= 0.6 is 0 Å². The maximum Gasteiger partial charge on any atom is 0.248 e. The minimum atomic E-state index is -0.379. The second-order valence-electron chi connectivity index (χ2n) is 4.78. The molecule has 4 heteroatoms. The Morgan fingerprint density at radius 1 is 1.41 bits per heavy atom. The van der Waals surface area contributed by atoms with Gasteiger partial charge in [-0.2, -0.15) is 0 Å². The van der Waals surface area contributed by atoms with E-state index in [0.717, 1.165) is 19.5 Å². The predicted molar refractivity (Wildman–Crippen MR) is 67.5 cm³/mol. The SMILES string of the molecule is CN1CC(CN)CC1c1ccc(C(N)=O)cc1. The van der Waals surface area contributed by atoms with E-state index in [9.17, 15) is 4.79 Å². The third-order valence-electron chi connectivity index (χ3n) is 3.55. The second-order valence-corrected chi connectivity index (χ2v) is 4.78. The zero-order valence-electron chi connectivity index (χ0n) is 10.1. The average molecular weight is 233 g/mol. The number of amides is 1. The summed E-state index contributed by atoms with van der Waals surface area (Å²) in [5.41, 5.74) is 12.7. The second kappa shape index (κ2) is 4.85. The summed E-state index contributed by atoms with van der Waals surface area (Å²) in [6, 6.07) is 7.97. The summed E-state index contributed by atoms with van der Waals surface area (Å²) in [5, 5.41) is 0. The molecule has 0 aliphatic carbocycles. The summed E-state index contributed by atoms with van der Waals surface area (Å²) in [6.45, 7) is 1.78. The van der Waals surface area contributed by atoms with Crippen molar-refractivity contribution in [3.05, 3.63) is 35.4 Å². The highest BCUT2D eigenvalue weighted by Crippen LogP contribution is 2.33. The van der Waals surface area contributed by atoms with Crippen molar-refractivity contribution >= 4 is 5.91 Å². The first kappa shape index (κ1) is 12.1. The number of carbonyl (C=O) groups is 1. The molecule has 0 radical (unpaired) electrons. The first-order valence-electron chi connectivity index (χ1n) is 5.92. The van der Waals surface area contributed by atoms with Gasteiger partial charge in [0.15, 0.2) is 0 Å². The Kier molecular flexibility index (Phi) is 3.45. The Morgan fingerprint density at radius 3 is 2.53 bits per heavy atom. The smallest absolute Gasteiger partial charge is 0.248 e. The van der Waals surface area contributed by atoms with Crippen LogP contribution in [-0.4, -0.2) is 30.9 Å². The van der Waals surface area contributed by atoms with E-state index in [-0.39, 0.29) is 5.91 Å². The zero-order valence-corrected chi connectivity index (χ0v) is 10.1. The molecule has 2 unspecified atom stereocenters. The van der Waals surface area contributed by atoms with E-state index in [1.807, 2.05) is 12.1 Å². The summed E-state index contributed by atoms with van der Waals surface area (Å²) in [7, 11) is 2.11. The Hall–Kier alpha value is -1.39. The van der Waals surface area contributed by atoms with E-state index in [1.165, 1.54) is 5.56 Å². The molecule has 0 saturated carbocycles. The Bertz CT molecular complexity index is 402. The highest BCUT2D eigenvalue weighted by Gasteiger charge is 2.29. The lowest BCUT2D eigenvalue weighted by Gasteiger charge is -2.19. The van der Waals surface area contributed by atoms with Crippen molar-refractivity contribution in [2.24, 2.45) is 17.4 Å². The monoisotopic (exact) mass is 233 g/mol. The van der Waals surface area contributed by atoms with Crippen LogP contribution in [0.4, 0.5) is 0 Å². The molecule has 2 rings (SSSR count). The van der Waals surface area contributed by atoms with Gasteiger partial charge < -0.3 is 11.5 Å². The van der Waals surface area contributed by atoms with Gasteiger partial charge in [-0.3, -0.25) is 9.69 Å². The number of hydrogen-bond acceptors (Lipinski definition) is 3. The molecule has 0 spiro atoms. The average Bonchev–Trinajstić information content (AvgIpc) is 2.71. The lowest BCUT2D eigenvalue weighted by atomic mass is 9.99. The Balaban J connectivity index is 2.15. The molecule has 1 fully saturated rings. The third kappa shape index (κ3) is 2.48.